The van der Waals surface area contributed by atoms with E-state index in [2.05, 4.69) is 21.3 Å². The first-order chi connectivity index (χ1) is 18.2. The molecule has 0 unspecified atom stereocenters. The Morgan fingerprint density at radius 3 is 2.50 bits per heavy atom. The van der Waals surface area contributed by atoms with Crippen molar-refractivity contribution < 1.29 is 13.5 Å². The van der Waals surface area contributed by atoms with Crippen molar-refractivity contribution in [3.8, 4) is 23.1 Å². The highest BCUT2D eigenvalue weighted by Gasteiger charge is 2.31. The van der Waals surface area contributed by atoms with Gasteiger partial charge in [-0.1, -0.05) is 44.5 Å². The van der Waals surface area contributed by atoms with Crippen LogP contribution < -0.4 is 5.56 Å². The Kier molecular flexibility index (Phi) is 7.78. The molecular formula is C28H29N5O4S. The molecule has 4 rings (SSSR count). The van der Waals surface area contributed by atoms with E-state index in [0.717, 1.165) is 23.2 Å². The van der Waals surface area contributed by atoms with Gasteiger partial charge in [-0.05, 0) is 55.2 Å². The third kappa shape index (κ3) is 4.97. The molecule has 0 fully saturated rings. The number of H-pyrrole nitrogens is 1. The van der Waals surface area contributed by atoms with Crippen LogP contribution in [0.5, 0.6) is 5.88 Å². The second-order valence-corrected chi connectivity index (χ2v) is 10.9. The van der Waals surface area contributed by atoms with Gasteiger partial charge in [-0.2, -0.15) is 15.3 Å². The first-order valence-electron chi connectivity index (χ1n) is 12.4. The second kappa shape index (κ2) is 11.0. The van der Waals surface area contributed by atoms with Crippen LogP contribution in [0.2, 0.25) is 0 Å². The van der Waals surface area contributed by atoms with Gasteiger partial charge in [0.2, 0.25) is 15.7 Å². The molecule has 1 atom stereocenters. The number of rotatable bonds is 9. The topological polar surface area (TPSA) is 142 Å². The summed E-state index contributed by atoms with van der Waals surface area (Å²) in [5, 5.41) is 27.0. The molecule has 2 aromatic heterocycles. The lowest BCUT2D eigenvalue weighted by Gasteiger charge is -2.23. The van der Waals surface area contributed by atoms with Gasteiger partial charge in [-0.25, -0.2) is 8.42 Å². The number of aryl methyl sites for hydroxylation is 2. The molecule has 0 aliphatic carbocycles. The van der Waals surface area contributed by atoms with Crippen LogP contribution in [-0.4, -0.2) is 33.3 Å². The summed E-state index contributed by atoms with van der Waals surface area (Å²) in [4.78, 5) is 17.3. The van der Waals surface area contributed by atoms with Gasteiger partial charge in [-0.15, -0.1) is 0 Å². The van der Waals surface area contributed by atoms with E-state index in [1.807, 2.05) is 20.8 Å². The zero-order valence-electron chi connectivity index (χ0n) is 21.5. The molecule has 0 saturated carbocycles. The van der Waals surface area contributed by atoms with E-state index in [0.29, 0.717) is 36.2 Å². The molecule has 2 aromatic carbocycles. The smallest absolute Gasteiger partial charge is 0.277 e. The molecule has 0 spiro atoms. The minimum atomic E-state index is -4.41. The fraction of sp³-hybridized carbons (Fsp3) is 0.286. The number of aromatic amines is 1. The van der Waals surface area contributed by atoms with Crippen molar-refractivity contribution >= 4 is 9.84 Å². The number of nitrogens with zero attached hydrogens (tertiary/aromatic N) is 4. The number of nitriles is 1. The van der Waals surface area contributed by atoms with E-state index in [-0.39, 0.29) is 4.90 Å². The number of aromatic hydroxyl groups is 1. The third-order valence-corrected chi connectivity index (χ3v) is 8.34. The van der Waals surface area contributed by atoms with Crippen molar-refractivity contribution in [2.45, 2.75) is 62.3 Å². The number of hydrogen-bond acceptors (Lipinski definition) is 7. The van der Waals surface area contributed by atoms with Crippen LogP contribution in [0.4, 0.5) is 0 Å². The van der Waals surface area contributed by atoms with Crippen LogP contribution in [-0.2, 0) is 16.3 Å². The number of sulfone groups is 1. The summed E-state index contributed by atoms with van der Waals surface area (Å²) >= 11 is 0. The summed E-state index contributed by atoms with van der Waals surface area (Å²) in [6.45, 7) is 5.72. The zero-order chi connectivity index (χ0) is 27.4. The maximum atomic E-state index is 13.9. The molecule has 38 heavy (non-hydrogen) atoms. The van der Waals surface area contributed by atoms with Gasteiger partial charge in [-0.3, -0.25) is 14.5 Å². The van der Waals surface area contributed by atoms with E-state index < -0.39 is 32.2 Å². The molecule has 2 heterocycles. The van der Waals surface area contributed by atoms with Gasteiger partial charge >= 0.3 is 0 Å². The third-order valence-electron chi connectivity index (χ3n) is 6.56. The summed E-state index contributed by atoms with van der Waals surface area (Å²) in [6.07, 6.45) is 3.99. The maximum Gasteiger partial charge on any atom is 0.277 e. The largest absolute Gasteiger partial charge is 0.492 e. The molecule has 0 saturated heterocycles. The van der Waals surface area contributed by atoms with Crippen molar-refractivity contribution in [3.05, 3.63) is 87.7 Å². The number of hydrogen-bond donors (Lipinski definition) is 2. The first-order valence-corrected chi connectivity index (χ1v) is 13.9. The Bertz CT molecular complexity index is 1660. The fourth-order valence-electron chi connectivity index (χ4n) is 4.57. The van der Waals surface area contributed by atoms with Gasteiger partial charge in [0.1, 0.15) is 5.82 Å². The molecular weight excluding hydrogens is 502 g/mol. The van der Waals surface area contributed by atoms with Crippen LogP contribution in [0.3, 0.4) is 0 Å². The Labute approximate surface area is 221 Å². The fourth-order valence-corrected chi connectivity index (χ4v) is 5.92. The van der Waals surface area contributed by atoms with Crippen molar-refractivity contribution in [1.29, 1.82) is 5.26 Å². The molecule has 4 aromatic rings. The predicted molar refractivity (Wildman–Crippen MR) is 143 cm³/mol. The molecule has 2 N–H and O–H groups in total. The summed E-state index contributed by atoms with van der Waals surface area (Å²) in [5.74, 6) is -0.513. The van der Waals surface area contributed by atoms with Crippen molar-refractivity contribution in [2.24, 2.45) is 0 Å². The van der Waals surface area contributed by atoms with E-state index in [9.17, 15) is 23.6 Å². The first kappa shape index (κ1) is 26.8. The average molecular weight is 532 g/mol. The number of benzene rings is 2. The minimum absolute atomic E-state index is 0.135. The van der Waals surface area contributed by atoms with E-state index >= 15 is 0 Å². The van der Waals surface area contributed by atoms with Crippen LogP contribution in [0.1, 0.15) is 61.8 Å². The number of unbranched alkanes of at least 4 members (excludes halogenated alkanes) is 1. The minimum Gasteiger partial charge on any atom is -0.492 e. The lowest BCUT2D eigenvalue weighted by molar-refractivity contribution is 0.406. The Morgan fingerprint density at radius 1 is 1.16 bits per heavy atom. The Balaban J connectivity index is 1.89. The molecule has 0 aliphatic rings. The normalized spacial score (nSPS) is 12.3. The molecule has 10 heteroatoms. The molecule has 0 amide bonds. The quantitative estimate of drug-likeness (QED) is 0.319. The lowest BCUT2D eigenvalue weighted by atomic mass is 10.0. The van der Waals surface area contributed by atoms with Gasteiger partial charge < -0.3 is 5.11 Å². The van der Waals surface area contributed by atoms with E-state index in [1.165, 1.54) is 16.7 Å². The SMILES string of the molecule is CCCCc1nc(O)c(S(=O)(=O)c2ccc(-c3cn[nH]c3C)cc2)c(=O)n1[C@@H](CC)c1cccc(C#N)c1. The van der Waals surface area contributed by atoms with Crippen molar-refractivity contribution in [3.63, 3.8) is 0 Å². The zero-order valence-corrected chi connectivity index (χ0v) is 22.3. The Hall–Kier alpha value is -4.23. The molecule has 196 valence electrons. The van der Waals surface area contributed by atoms with Crippen molar-refractivity contribution in [1.82, 2.24) is 19.7 Å². The Morgan fingerprint density at radius 2 is 1.89 bits per heavy atom. The van der Waals surface area contributed by atoms with Gasteiger partial charge in [0.15, 0.2) is 4.90 Å². The van der Waals surface area contributed by atoms with Crippen molar-refractivity contribution in [2.75, 3.05) is 0 Å². The van der Waals surface area contributed by atoms with Crippen LogP contribution in [0.15, 0.2) is 69.3 Å². The highest BCUT2D eigenvalue weighted by Crippen LogP contribution is 2.30. The van der Waals surface area contributed by atoms with Crippen LogP contribution in [0, 0.1) is 18.3 Å². The molecule has 9 nitrogen and oxygen atoms in total. The summed E-state index contributed by atoms with van der Waals surface area (Å²) in [7, 11) is -4.41. The van der Waals surface area contributed by atoms with Gasteiger partial charge in [0, 0.05) is 17.7 Å². The molecule has 0 bridgehead atoms. The predicted octanol–water partition coefficient (Wildman–Crippen LogP) is 4.69. The second-order valence-electron chi connectivity index (χ2n) is 9.06. The van der Waals surface area contributed by atoms with E-state index in [4.69, 9.17) is 0 Å². The number of aromatic nitrogens is 4. The highest BCUT2D eigenvalue weighted by atomic mass is 32.2. The summed E-state index contributed by atoms with van der Waals surface area (Å²) in [6, 6.07) is 14.5. The van der Waals surface area contributed by atoms with Crippen LogP contribution in [0.25, 0.3) is 11.1 Å². The standard InChI is InChI=1S/C28H29N5O4S/c1-4-6-10-25-31-27(34)26(28(35)33(25)24(5-2)21-9-7-8-19(15-21)16-29)38(36,37)22-13-11-20(12-14-22)23-17-30-32-18(23)3/h7-9,11-15,17,24,34H,4-6,10H2,1-3H3,(H,30,32)/t24-/m0/s1. The highest BCUT2D eigenvalue weighted by molar-refractivity contribution is 7.91. The van der Waals surface area contributed by atoms with E-state index in [1.54, 1.807) is 42.6 Å². The van der Waals surface area contributed by atoms with Gasteiger partial charge in [0.05, 0.1) is 28.8 Å². The lowest BCUT2D eigenvalue weighted by Crippen LogP contribution is -2.33. The maximum absolute atomic E-state index is 13.9. The molecule has 0 aliphatic heterocycles. The van der Waals surface area contributed by atoms with Gasteiger partial charge in [0.25, 0.3) is 5.56 Å². The van der Waals surface area contributed by atoms with Crippen LogP contribution >= 0.6 is 0 Å². The molecule has 0 radical (unpaired) electrons. The summed E-state index contributed by atoms with van der Waals surface area (Å²) < 4.78 is 28.7. The summed E-state index contributed by atoms with van der Waals surface area (Å²) in [5.41, 5.74) is 2.69. The number of nitrogens with one attached hydrogen (secondary N) is 1. The average Bonchev–Trinajstić information content (AvgIpc) is 3.35. The monoisotopic (exact) mass is 531 g/mol.